The highest BCUT2D eigenvalue weighted by atomic mass is 79.9. The minimum absolute atomic E-state index is 0.389. The van der Waals surface area contributed by atoms with E-state index in [9.17, 15) is 9.90 Å². The van der Waals surface area contributed by atoms with E-state index in [4.69, 9.17) is 4.74 Å². The van der Waals surface area contributed by atoms with Gasteiger partial charge in [0.25, 0.3) is 0 Å². The zero-order valence-electron chi connectivity index (χ0n) is 17.1. The number of aliphatic carboxylic acids is 1. The molecule has 0 aliphatic rings. The average Bonchev–Trinajstić information content (AvgIpc) is 3.19. The largest absolute Gasteiger partial charge is 0.487 e. The summed E-state index contributed by atoms with van der Waals surface area (Å²) in [4.78, 5) is 15.1. The van der Waals surface area contributed by atoms with Gasteiger partial charge in [-0.1, -0.05) is 48.5 Å². The van der Waals surface area contributed by atoms with Gasteiger partial charge in [0.1, 0.15) is 18.4 Å². The first-order chi connectivity index (χ1) is 15.5. The van der Waals surface area contributed by atoms with Crippen molar-refractivity contribution in [3.05, 3.63) is 98.6 Å². The third-order valence-corrected chi connectivity index (χ3v) is 6.41. The molecule has 0 radical (unpaired) electrons. The number of carbonyl (C=O) groups is 1. The molecule has 0 spiro atoms. The highest BCUT2D eigenvalue weighted by molar-refractivity contribution is 9.11. The predicted octanol–water partition coefficient (Wildman–Crippen LogP) is 6.06. The van der Waals surface area contributed by atoms with Crippen LogP contribution in [0.3, 0.4) is 0 Å². The number of nitrogens with one attached hydrogen (secondary N) is 2. The van der Waals surface area contributed by atoms with E-state index >= 15 is 0 Å². The molecule has 0 amide bonds. The molecule has 3 N–H and O–H groups in total. The van der Waals surface area contributed by atoms with Crippen molar-refractivity contribution in [1.29, 1.82) is 0 Å². The molecule has 4 rings (SSSR count). The Balaban J connectivity index is 1.42. The van der Waals surface area contributed by atoms with Gasteiger partial charge in [0, 0.05) is 30.1 Å². The van der Waals surface area contributed by atoms with Crippen molar-refractivity contribution in [2.24, 2.45) is 0 Å². The predicted molar refractivity (Wildman–Crippen MR) is 133 cm³/mol. The van der Waals surface area contributed by atoms with Crippen molar-refractivity contribution in [3.8, 4) is 5.75 Å². The van der Waals surface area contributed by atoms with Crippen LogP contribution >= 0.6 is 31.9 Å². The Morgan fingerprint density at radius 3 is 2.41 bits per heavy atom. The van der Waals surface area contributed by atoms with Crippen LogP contribution in [0, 0.1) is 0 Å². The molecule has 32 heavy (non-hydrogen) atoms. The molecule has 0 saturated heterocycles. The van der Waals surface area contributed by atoms with Crippen molar-refractivity contribution < 1.29 is 14.6 Å². The van der Waals surface area contributed by atoms with Crippen LogP contribution in [0.5, 0.6) is 5.75 Å². The number of hydrogen-bond donors (Lipinski definition) is 3. The van der Waals surface area contributed by atoms with E-state index in [1.165, 1.54) is 0 Å². The van der Waals surface area contributed by atoms with Gasteiger partial charge in [-0.15, -0.1) is 0 Å². The summed E-state index contributed by atoms with van der Waals surface area (Å²) in [7, 11) is 0. The third kappa shape index (κ3) is 5.41. The number of carboxylic acid groups (broad SMARTS) is 1. The number of benzene rings is 3. The summed E-state index contributed by atoms with van der Waals surface area (Å²) in [6.45, 7) is 0.872. The monoisotopic (exact) mass is 556 g/mol. The molecule has 3 aromatic carbocycles. The van der Waals surface area contributed by atoms with Gasteiger partial charge in [-0.25, -0.2) is 0 Å². The summed E-state index contributed by atoms with van der Waals surface area (Å²) in [5.74, 6) is -0.164. The third-order valence-electron chi connectivity index (χ3n) is 5.23. The summed E-state index contributed by atoms with van der Waals surface area (Å²) in [5, 5.41) is 14.0. The lowest BCUT2D eigenvalue weighted by Crippen LogP contribution is -2.38. The van der Waals surface area contributed by atoms with Gasteiger partial charge < -0.3 is 20.1 Å². The van der Waals surface area contributed by atoms with E-state index < -0.39 is 12.0 Å². The van der Waals surface area contributed by atoms with Crippen molar-refractivity contribution in [2.75, 3.05) is 0 Å². The summed E-state index contributed by atoms with van der Waals surface area (Å²) in [5.41, 5.74) is 4.01. The second kappa shape index (κ2) is 10.3. The van der Waals surface area contributed by atoms with E-state index in [0.717, 1.165) is 36.5 Å². The highest BCUT2D eigenvalue weighted by Crippen LogP contribution is 2.35. The summed E-state index contributed by atoms with van der Waals surface area (Å²) < 4.78 is 7.59. The quantitative estimate of drug-likeness (QED) is 0.234. The van der Waals surface area contributed by atoms with E-state index in [-0.39, 0.29) is 0 Å². The standard InChI is InChI=1S/C25H22Br2N2O3/c26-20-10-17(11-21(27)24(20)32-15-16-6-2-1-3-7-16)13-28-23(25(30)31)12-18-14-29-22-9-5-4-8-19(18)22/h1-11,14,23,28-29H,12-13,15H2,(H,30,31)/t23-/m0/s1. The van der Waals surface area contributed by atoms with Crippen LogP contribution in [0.1, 0.15) is 16.7 Å². The van der Waals surface area contributed by atoms with Gasteiger partial charge in [-0.2, -0.15) is 0 Å². The maximum atomic E-state index is 11.9. The zero-order chi connectivity index (χ0) is 22.5. The molecule has 5 nitrogen and oxygen atoms in total. The zero-order valence-corrected chi connectivity index (χ0v) is 20.3. The Kier molecular flexibility index (Phi) is 7.29. The van der Waals surface area contributed by atoms with Crippen LogP contribution in [-0.2, 0) is 24.4 Å². The Morgan fingerprint density at radius 1 is 1.00 bits per heavy atom. The molecule has 0 aliphatic carbocycles. The van der Waals surface area contributed by atoms with E-state index in [1.807, 2.05) is 72.9 Å². The first kappa shape index (κ1) is 22.6. The van der Waals surface area contributed by atoms with Crippen LogP contribution in [0.2, 0.25) is 0 Å². The molecular weight excluding hydrogens is 536 g/mol. The van der Waals surface area contributed by atoms with Gasteiger partial charge in [0.05, 0.1) is 8.95 Å². The Hall–Kier alpha value is -2.61. The van der Waals surface area contributed by atoms with E-state index in [0.29, 0.717) is 25.3 Å². The van der Waals surface area contributed by atoms with Gasteiger partial charge in [-0.05, 0) is 66.7 Å². The number of hydrogen-bond acceptors (Lipinski definition) is 3. The number of ether oxygens (including phenoxy) is 1. The topological polar surface area (TPSA) is 74.3 Å². The smallest absolute Gasteiger partial charge is 0.321 e. The fraction of sp³-hybridized carbons (Fsp3) is 0.160. The first-order valence-electron chi connectivity index (χ1n) is 10.2. The van der Waals surface area contributed by atoms with Gasteiger partial charge in [-0.3, -0.25) is 4.79 Å². The van der Waals surface area contributed by atoms with Crippen molar-refractivity contribution >= 4 is 48.7 Å². The number of aromatic amines is 1. The summed E-state index contributed by atoms with van der Waals surface area (Å²) in [6, 6.07) is 21.0. The van der Waals surface area contributed by atoms with Crippen LogP contribution in [0.15, 0.2) is 81.9 Å². The van der Waals surface area contributed by atoms with Crippen molar-refractivity contribution in [3.63, 3.8) is 0 Å². The number of H-pyrrole nitrogens is 1. The summed E-state index contributed by atoms with van der Waals surface area (Å²) >= 11 is 7.16. The minimum atomic E-state index is -0.878. The van der Waals surface area contributed by atoms with E-state index in [1.54, 1.807) is 0 Å². The molecule has 1 atom stereocenters. The number of fused-ring (bicyclic) bond motifs is 1. The molecule has 0 aliphatic heterocycles. The molecule has 0 saturated carbocycles. The normalized spacial score (nSPS) is 12.1. The number of rotatable bonds is 9. The molecule has 0 unspecified atom stereocenters. The second-order valence-corrected chi connectivity index (χ2v) is 9.21. The molecule has 7 heteroatoms. The molecule has 1 heterocycles. The fourth-order valence-corrected chi connectivity index (χ4v) is 5.10. The van der Waals surface area contributed by atoms with Crippen LogP contribution in [0.4, 0.5) is 0 Å². The fourth-order valence-electron chi connectivity index (χ4n) is 3.59. The number of aromatic nitrogens is 1. The second-order valence-electron chi connectivity index (χ2n) is 7.50. The van der Waals surface area contributed by atoms with Crippen LogP contribution < -0.4 is 10.1 Å². The maximum absolute atomic E-state index is 11.9. The van der Waals surface area contributed by atoms with Crippen molar-refractivity contribution in [1.82, 2.24) is 10.3 Å². The first-order valence-corrected chi connectivity index (χ1v) is 11.8. The van der Waals surface area contributed by atoms with Gasteiger partial charge in [0.15, 0.2) is 0 Å². The van der Waals surface area contributed by atoms with Crippen molar-refractivity contribution in [2.45, 2.75) is 25.6 Å². The Bertz CT molecular complexity index is 1200. The lowest BCUT2D eigenvalue weighted by Gasteiger charge is -2.16. The van der Waals surface area contributed by atoms with Crippen LogP contribution in [-0.4, -0.2) is 22.1 Å². The summed E-state index contributed by atoms with van der Waals surface area (Å²) in [6.07, 6.45) is 2.27. The molecule has 164 valence electrons. The average molecular weight is 558 g/mol. The Morgan fingerprint density at radius 2 is 1.69 bits per heavy atom. The lowest BCUT2D eigenvalue weighted by atomic mass is 10.0. The molecule has 0 bridgehead atoms. The van der Waals surface area contributed by atoms with Gasteiger partial charge >= 0.3 is 5.97 Å². The number of carboxylic acids is 1. The SMILES string of the molecule is O=C(O)[C@H](Cc1c[nH]c2ccccc12)NCc1cc(Br)c(OCc2ccccc2)c(Br)c1. The van der Waals surface area contributed by atoms with E-state index in [2.05, 4.69) is 42.2 Å². The maximum Gasteiger partial charge on any atom is 0.321 e. The molecule has 1 aromatic heterocycles. The number of halogens is 2. The highest BCUT2D eigenvalue weighted by Gasteiger charge is 2.20. The molecule has 0 fully saturated rings. The molecular formula is C25H22Br2N2O3. The Labute approximate surface area is 203 Å². The lowest BCUT2D eigenvalue weighted by molar-refractivity contribution is -0.139. The minimum Gasteiger partial charge on any atom is -0.487 e. The van der Waals surface area contributed by atoms with Crippen LogP contribution in [0.25, 0.3) is 10.9 Å². The molecule has 4 aromatic rings. The number of para-hydroxylation sites is 1. The van der Waals surface area contributed by atoms with Gasteiger partial charge in [0.2, 0.25) is 0 Å².